The van der Waals surface area contributed by atoms with E-state index >= 15 is 0 Å². The van der Waals surface area contributed by atoms with Crippen LogP contribution in [0, 0.1) is 0 Å². The molecule has 3 aromatic heterocycles. The van der Waals surface area contributed by atoms with E-state index in [9.17, 15) is 9.59 Å². The molecule has 3 aromatic rings. The van der Waals surface area contributed by atoms with Gasteiger partial charge < -0.3 is 0 Å². The van der Waals surface area contributed by atoms with Gasteiger partial charge in [-0.1, -0.05) is 49.4 Å². The highest BCUT2D eigenvalue weighted by Crippen LogP contribution is 2.24. The van der Waals surface area contributed by atoms with Crippen LogP contribution in [-0.2, 0) is 0 Å². The topological polar surface area (TPSA) is 80.6 Å². The van der Waals surface area contributed by atoms with Gasteiger partial charge in [-0.3, -0.25) is 4.79 Å². The van der Waals surface area contributed by atoms with Crippen molar-refractivity contribution in [3.8, 4) is 5.00 Å². The van der Waals surface area contributed by atoms with E-state index in [-0.39, 0.29) is 5.69 Å². The molecule has 0 radical (unpaired) electrons. The van der Waals surface area contributed by atoms with Crippen LogP contribution in [0.5, 0.6) is 0 Å². The van der Waals surface area contributed by atoms with Gasteiger partial charge in [0, 0.05) is 8.07 Å². The fourth-order valence-electron chi connectivity index (χ4n) is 1.20. The maximum absolute atomic E-state index is 11.0. The van der Waals surface area contributed by atoms with Crippen LogP contribution in [0.3, 0.4) is 0 Å². The van der Waals surface area contributed by atoms with Crippen molar-refractivity contribution < 1.29 is 4.79 Å². The van der Waals surface area contributed by atoms with E-state index in [4.69, 9.17) is 34.8 Å². The number of H-pyrrole nitrogens is 1. The van der Waals surface area contributed by atoms with Crippen molar-refractivity contribution in [2.24, 2.45) is 0 Å². The van der Waals surface area contributed by atoms with Crippen LogP contribution in [-0.4, -0.2) is 33.5 Å². The Kier molecular flexibility index (Phi) is 9.21. The van der Waals surface area contributed by atoms with Crippen molar-refractivity contribution in [2.75, 3.05) is 0 Å². The minimum absolute atomic E-state index is 0.389. The van der Waals surface area contributed by atoms with Crippen LogP contribution in [0.2, 0.25) is 36.2 Å². The lowest BCUT2D eigenvalue weighted by molar-refractivity contribution is 0.108. The number of nitrogens with zero attached hydrogens (tertiary/aromatic N) is 3. The van der Waals surface area contributed by atoms with E-state index in [2.05, 4.69) is 41.7 Å². The quantitative estimate of drug-likeness (QED) is 0.400. The average Bonchev–Trinajstić information content (AvgIpc) is 3.19. The Labute approximate surface area is 174 Å². The molecule has 12 heteroatoms. The molecular formula is C14H17Cl3N4O2S2Si. The lowest BCUT2D eigenvalue weighted by atomic mass is 10.5. The summed E-state index contributed by atoms with van der Waals surface area (Å²) < 4.78 is 1.12. The van der Waals surface area contributed by atoms with E-state index in [0.29, 0.717) is 19.9 Å². The van der Waals surface area contributed by atoms with Crippen molar-refractivity contribution in [3.05, 3.63) is 48.3 Å². The number of carbonyl (C=O) groups is 1. The first-order valence-electron chi connectivity index (χ1n) is 7.17. The molecule has 0 aliphatic rings. The summed E-state index contributed by atoms with van der Waals surface area (Å²) in [6.45, 7) is 9.31. The molecule has 3 rings (SSSR count). The third kappa shape index (κ3) is 8.15. The number of rotatable bonds is 2. The SMILES string of the molecule is C[Si](C)(C)C.O=C(Cl)c1sccc1Cl.O=c1[nH]nnn1-c1sccc1Cl. The summed E-state index contributed by atoms with van der Waals surface area (Å²) in [5.41, 5.74) is -0.389. The van der Waals surface area contributed by atoms with Crippen molar-refractivity contribution in [2.45, 2.75) is 26.2 Å². The fraction of sp³-hybridized carbons (Fsp3) is 0.286. The number of aromatic amines is 1. The number of tetrazole rings is 1. The molecule has 1 N–H and O–H groups in total. The highest BCUT2D eigenvalue weighted by atomic mass is 35.5. The highest BCUT2D eigenvalue weighted by Gasteiger charge is 2.08. The smallest absolute Gasteiger partial charge is 0.275 e. The first-order valence-corrected chi connectivity index (χ1v) is 14.1. The number of carbonyl (C=O) groups excluding carboxylic acids is 1. The van der Waals surface area contributed by atoms with Crippen molar-refractivity contribution in [1.82, 2.24) is 20.2 Å². The zero-order valence-electron chi connectivity index (χ0n) is 14.4. The lowest BCUT2D eigenvalue weighted by Crippen LogP contribution is -2.14. The number of halogens is 3. The Bertz CT molecular complexity index is 892. The normalized spacial score (nSPS) is 10.4. The molecule has 0 saturated carbocycles. The monoisotopic (exact) mass is 470 g/mol. The summed E-state index contributed by atoms with van der Waals surface area (Å²) in [6, 6.07) is 3.34. The molecule has 0 aliphatic heterocycles. The zero-order valence-corrected chi connectivity index (χ0v) is 19.3. The number of hydrogen-bond acceptors (Lipinski definition) is 6. The molecule has 0 fully saturated rings. The molecule has 0 bridgehead atoms. The lowest BCUT2D eigenvalue weighted by Gasteiger charge is -2.01. The second kappa shape index (κ2) is 10.4. The molecule has 0 aromatic carbocycles. The molecule has 0 amide bonds. The van der Waals surface area contributed by atoms with Crippen LogP contribution >= 0.6 is 57.5 Å². The summed E-state index contributed by atoms with van der Waals surface area (Å²) in [4.78, 5) is 21.8. The van der Waals surface area contributed by atoms with E-state index in [0.717, 1.165) is 4.68 Å². The van der Waals surface area contributed by atoms with E-state index < -0.39 is 13.3 Å². The van der Waals surface area contributed by atoms with Gasteiger partial charge in [-0.05, 0) is 44.9 Å². The predicted molar refractivity (Wildman–Crippen MR) is 114 cm³/mol. The minimum atomic E-state index is -0.611. The Morgan fingerprint density at radius 3 is 1.96 bits per heavy atom. The first-order chi connectivity index (χ1) is 12.0. The standard InChI is InChI=1S/C5H2Cl2OS.C5H3ClN4OS.C4H12Si/c6-3-1-2-9-4(3)5(7)8;6-3-1-2-12-4(3)10-5(11)7-8-9-10;1-5(2,3)4/h1-2H;1-2H,(H,7,9,11);1-4H3. The van der Waals surface area contributed by atoms with Gasteiger partial charge in [-0.2, -0.15) is 0 Å². The number of nitrogens with one attached hydrogen (secondary N) is 1. The van der Waals surface area contributed by atoms with Gasteiger partial charge in [-0.25, -0.2) is 9.89 Å². The molecule has 6 nitrogen and oxygen atoms in total. The van der Waals surface area contributed by atoms with Gasteiger partial charge in [0.05, 0.1) is 10.0 Å². The Hall–Kier alpha value is -0.973. The van der Waals surface area contributed by atoms with Gasteiger partial charge in [0.25, 0.3) is 5.24 Å². The minimum Gasteiger partial charge on any atom is -0.275 e. The fourth-order valence-corrected chi connectivity index (χ4v) is 3.54. The summed E-state index contributed by atoms with van der Waals surface area (Å²) in [5, 5.41) is 13.6. The van der Waals surface area contributed by atoms with Crippen molar-refractivity contribution in [1.29, 1.82) is 0 Å². The van der Waals surface area contributed by atoms with Gasteiger partial charge in [0.15, 0.2) is 0 Å². The summed E-state index contributed by atoms with van der Waals surface area (Å²) in [5.74, 6) is 0. The van der Waals surface area contributed by atoms with Crippen molar-refractivity contribution >= 4 is 70.8 Å². The summed E-state index contributed by atoms with van der Waals surface area (Å²) in [6.07, 6.45) is 0. The van der Waals surface area contributed by atoms with Gasteiger partial charge in [0.1, 0.15) is 9.88 Å². The third-order valence-electron chi connectivity index (χ3n) is 2.06. The zero-order chi connectivity index (χ0) is 19.9. The number of aromatic nitrogens is 4. The average molecular weight is 472 g/mol. The molecule has 0 saturated heterocycles. The molecule has 0 aliphatic carbocycles. The van der Waals surface area contributed by atoms with E-state index in [1.165, 1.54) is 22.7 Å². The molecule has 0 spiro atoms. The van der Waals surface area contributed by atoms with Crippen LogP contribution in [0.15, 0.2) is 27.7 Å². The Balaban J connectivity index is 0.000000214. The third-order valence-corrected chi connectivity index (χ3v) is 5.01. The molecule has 3 heterocycles. The van der Waals surface area contributed by atoms with Crippen LogP contribution < -0.4 is 5.69 Å². The predicted octanol–water partition coefficient (Wildman–Crippen LogP) is 5.41. The van der Waals surface area contributed by atoms with Gasteiger partial charge >= 0.3 is 5.69 Å². The van der Waals surface area contributed by atoms with Gasteiger partial charge in [-0.15, -0.1) is 27.4 Å². The van der Waals surface area contributed by atoms with E-state index in [1.54, 1.807) is 22.9 Å². The van der Waals surface area contributed by atoms with Crippen molar-refractivity contribution in [3.63, 3.8) is 0 Å². The molecule has 0 unspecified atom stereocenters. The second-order valence-corrected chi connectivity index (χ2v) is 15.3. The molecule has 142 valence electrons. The first kappa shape index (κ1) is 23.1. The Morgan fingerprint density at radius 2 is 1.65 bits per heavy atom. The number of thiophene rings is 2. The molecule has 26 heavy (non-hydrogen) atoms. The maximum Gasteiger partial charge on any atom is 0.366 e. The molecule has 0 atom stereocenters. The van der Waals surface area contributed by atoms with Gasteiger partial charge in [0.2, 0.25) is 0 Å². The van der Waals surface area contributed by atoms with E-state index in [1.807, 2.05) is 0 Å². The largest absolute Gasteiger partial charge is 0.366 e. The Morgan fingerprint density at radius 1 is 1.12 bits per heavy atom. The molecular weight excluding hydrogens is 455 g/mol. The maximum atomic E-state index is 11.0. The summed E-state index contributed by atoms with van der Waals surface area (Å²) in [7, 11) is -0.611. The van der Waals surface area contributed by atoms with Crippen LogP contribution in [0.1, 0.15) is 9.67 Å². The van der Waals surface area contributed by atoms with Crippen LogP contribution in [0.4, 0.5) is 0 Å². The highest BCUT2D eigenvalue weighted by molar-refractivity contribution is 7.14. The summed E-state index contributed by atoms with van der Waals surface area (Å²) >= 11 is 19.0. The second-order valence-electron chi connectivity index (χ2n) is 6.36. The van der Waals surface area contributed by atoms with Crippen LogP contribution in [0.25, 0.3) is 5.00 Å². The number of hydrogen-bond donors (Lipinski definition) is 1.